The quantitative estimate of drug-likeness (QED) is 0.641. The fraction of sp³-hybridized carbons (Fsp3) is 0.455. The van der Waals surface area contributed by atoms with Crippen molar-refractivity contribution in [2.24, 2.45) is 0 Å². The van der Waals surface area contributed by atoms with Crippen molar-refractivity contribution in [2.75, 3.05) is 13.2 Å². The molecule has 0 unspecified atom stereocenters. The molecule has 1 aliphatic heterocycles. The van der Waals surface area contributed by atoms with Crippen molar-refractivity contribution in [1.82, 2.24) is 5.32 Å². The van der Waals surface area contributed by atoms with E-state index in [1.807, 2.05) is 0 Å². The second kappa shape index (κ2) is 5.61. The highest BCUT2D eigenvalue weighted by molar-refractivity contribution is 5.53. The van der Waals surface area contributed by atoms with Gasteiger partial charge in [-0.15, -0.1) is 0 Å². The van der Waals surface area contributed by atoms with E-state index in [4.69, 9.17) is 4.74 Å². The summed E-state index contributed by atoms with van der Waals surface area (Å²) in [5, 5.41) is 24.7. The second-order valence-corrected chi connectivity index (χ2v) is 4.27. The molecular weight excluding hydrogens is 254 g/mol. The molecule has 0 aliphatic carbocycles. The zero-order valence-electron chi connectivity index (χ0n) is 10.1. The van der Waals surface area contributed by atoms with E-state index >= 15 is 0 Å². The molecule has 1 fully saturated rings. The minimum atomic E-state index is -0.676. The molecule has 1 atom stereocenters. The number of nitro groups is 2. The van der Waals surface area contributed by atoms with E-state index in [0.29, 0.717) is 6.61 Å². The Morgan fingerprint density at radius 1 is 1.32 bits per heavy atom. The van der Waals surface area contributed by atoms with Crippen molar-refractivity contribution in [2.45, 2.75) is 18.9 Å². The summed E-state index contributed by atoms with van der Waals surface area (Å²) in [6.07, 6.45) is 2.01. The molecule has 0 saturated carbocycles. The number of nitro benzene ring substituents is 2. The Kier molecular flexibility index (Phi) is 3.91. The zero-order chi connectivity index (χ0) is 13.8. The zero-order valence-corrected chi connectivity index (χ0v) is 10.1. The molecule has 0 radical (unpaired) electrons. The van der Waals surface area contributed by atoms with Gasteiger partial charge in [-0.2, -0.15) is 0 Å². The number of non-ortho nitro benzene ring substituents is 1. The van der Waals surface area contributed by atoms with Crippen LogP contribution < -0.4 is 10.1 Å². The third-order valence-corrected chi connectivity index (χ3v) is 2.95. The van der Waals surface area contributed by atoms with Gasteiger partial charge in [0, 0.05) is 12.1 Å². The van der Waals surface area contributed by atoms with Gasteiger partial charge in [0.15, 0.2) is 5.75 Å². The number of ether oxygens (including phenoxy) is 1. The topological polar surface area (TPSA) is 108 Å². The highest BCUT2D eigenvalue weighted by Gasteiger charge is 2.22. The predicted octanol–water partition coefficient (Wildman–Crippen LogP) is 1.63. The SMILES string of the molecule is O=[N+]([O-])c1ccc(OC[C@@H]2CCCN2)c([N+](=O)[O-])c1. The highest BCUT2D eigenvalue weighted by Crippen LogP contribution is 2.31. The Morgan fingerprint density at radius 2 is 2.11 bits per heavy atom. The highest BCUT2D eigenvalue weighted by atomic mass is 16.6. The van der Waals surface area contributed by atoms with Gasteiger partial charge in [0.05, 0.1) is 15.9 Å². The number of hydrogen-bond acceptors (Lipinski definition) is 6. The Bertz CT molecular complexity index is 499. The lowest BCUT2D eigenvalue weighted by Crippen LogP contribution is -2.28. The van der Waals surface area contributed by atoms with Crippen LogP contribution in [-0.4, -0.2) is 29.0 Å². The molecule has 1 N–H and O–H groups in total. The fourth-order valence-corrected chi connectivity index (χ4v) is 1.97. The fourth-order valence-electron chi connectivity index (χ4n) is 1.97. The Morgan fingerprint density at radius 3 is 2.68 bits per heavy atom. The Labute approximate surface area is 108 Å². The molecule has 1 aromatic carbocycles. The number of benzene rings is 1. The summed E-state index contributed by atoms with van der Waals surface area (Å²) in [4.78, 5) is 20.1. The summed E-state index contributed by atoms with van der Waals surface area (Å²) in [7, 11) is 0. The average molecular weight is 267 g/mol. The molecule has 8 heteroatoms. The van der Waals surface area contributed by atoms with Crippen LogP contribution in [-0.2, 0) is 0 Å². The summed E-state index contributed by atoms with van der Waals surface area (Å²) in [6.45, 7) is 1.23. The van der Waals surface area contributed by atoms with Gasteiger partial charge in [-0.3, -0.25) is 20.2 Å². The van der Waals surface area contributed by atoms with Gasteiger partial charge in [0.1, 0.15) is 6.61 Å². The molecule has 1 heterocycles. The third-order valence-electron chi connectivity index (χ3n) is 2.95. The summed E-state index contributed by atoms with van der Waals surface area (Å²) >= 11 is 0. The summed E-state index contributed by atoms with van der Waals surface area (Å²) in [5.41, 5.74) is -0.703. The molecule has 1 saturated heterocycles. The maximum absolute atomic E-state index is 10.9. The number of hydrogen-bond donors (Lipinski definition) is 1. The van der Waals surface area contributed by atoms with E-state index in [-0.39, 0.29) is 23.2 Å². The van der Waals surface area contributed by atoms with Gasteiger partial charge in [-0.25, -0.2) is 0 Å². The molecule has 2 rings (SSSR count). The van der Waals surface area contributed by atoms with Crippen LogP contribution in [0.4, 0.5) is 11.4 Å². The maximum atomic E-state index is 10.9. The van der Waals surface area contributed by atoms with Crippen LogP contribution in [0, 0.1) is 20.2 Å². The van der Waals surface area contributed by atoms with Crippen molar-refractivity contribution in [3.63, 3.8) is 0 Å². The molecular formula is C11H13N3O5. The molecule has 1 aromatic rings. The maximum Gasteiger partial charge on any atom is 0.317 e. The molecule has 1 aliphatic rings. The van der Waals surface area contributed by atoms with E-state index in [2.05, 4.69) is 5.32 Å². The minimum Gasteiger partial charge on any atom is -0.485 e. The van der Waals surface area contributed by atoms with Crippen molar-refractivity contribution in [1.29, 1.82) is 0 Å². The predicted molar refractivity (Wildman–Crippen MR) is 66.3 cm³/mol. The van der Waals surface area contributed by atoms with Crippen molar-refractivity contribution >= 4 is 11.4 Å². The molecule has 8 nitrogen and oxygen atoms in total. The van der Waals surface area contributed by atoms with Crippen LogP contribution in [0.1, 0.15) is 12.8 Å². The van der Waals surface area contributed by atoms with Crippen LogP contribution in [0.3, 0.4) is 0 Å². The van der Waals surface area contributed by atoms with Crippen LogP contribution in [0.15, 0.2) is 18.2 Å². The van der Waals surface area contributed by atoms with Gasteiger partial charge in [0.25, 0.3) is 5.69 Å². The smallest absolute Gasteiger partial charge is 0.317 e. The minimum absolute atomic E-state index is 0.0595. The average Bonchev–Trinajstić information content (AvgIpc) is 2.89. The van der Waals surface area contributed by atoms with Crippen LogP contribution >= 0.6 is 0 Å². The molecule has 102 valence electrons. The molecule has 0 amide bonds. The van der Waals surface area contributed by atoms with Crippen LogP contribution in [0.2, 0.25) is 0 Å². The van der Waals surface area contributed by atoms with E-state index in [0.717, 1.165) is 25.5 Å². The van der Waals surface area contributed by atoms with E-state index in [9.17, 15) is 20.2 Å². The third kappa shape index (κ3) is 3.16. The standard InChI is InChI=1S/C11H13N3O5/c15-13(16)9-3-4-11(10(6-9)14(17)18)19-7-8-2-1-5-12-8/h3-4,6,8,12H,1-2,5,7H2/t8-/m0/s1. The summed E-state index contributed by atoms with van der Waals surface area (Å²) in [5.74, 6) is 0.0595. The Hall–Kier alpha value is -2.22. The van der Waals surface area contributed by atoms with Gasteiger partial charge in [-0.1, -0.05) is 0 Å². The van der Waals surface area contributed by atoms with E-state index < -0.39 is 9.85 Å². The summed E-state index contributed by atoms with van der Waals surface area (Å²) < 4.78 is 5.39. The van der Waals surface area contributed by atoms with Crippen molar-refractivity contribution < 1.29 is 14.6 Å². The summed E-state index contributed by atoms with van der Waals surface area (Å²) in [6, 6.07) is 3.56. The van der Waals surface area contributed by atoms with Gasteiger partial charge in [-0.05, 0) is 25.5 Å². The molecule has 19 heavy (non-hydrogen) atoms. The van der Waals surface area contributed by atoms with Crippen LogP contribution in [0.25, 0.3) is 0 Å². The second-order valence-electron chi connectivity index (χ2n) is 4.27. The van der Waals surface area contributed by atoms with E-state index in [1.54, 1.807) is 0 Å². The molecule has 0 spiro atoms. The Balaban J connectivity index is 2.14. The van der Waals surface area contributed by atoms with Gasteiger partial charge < -0.3 is 10.1 Å². The first-order valence-electron chi connectivity index (χ1n) is 5.87. The number of nitrogens with one attached hydrogen (secondary N) is 1. The van der Waals surface area contributed by atoms with Crippen LogP contribution in [0.5, 0.6) is 5.75 Å². The van der Waals surface area contributed by atoms with Crippen molar-refractivity contribution in [3.8, 4) is 5.75 Å². The number of nitrogens with zero attached hydrogens (tertiary/aromatic N) is 2. The monoisotopic (exact) mass is 267 g/mol. The van der Waals surface area contributed by atoms with Crippen molar-refractivity contribution in [3.05, 3.63) is 38.4 Å². The lowest BCUT2D eigenvalue weighted by Gasteiger charge is -2.11. The molecule has 0 aromatic heterocycles. The lowest BCUT2D eigenvalue weighted by molar-refractivity contribution is -0.394. The van der Waals surface area contributed by atoms with E-state index in [1.165, 1.54) is 12.1 Å². The first-order chi connectivity index (χ1) is 9.08. The largest absolute Gasteiger partial charge is 0.485 e. The molecule has 0 bridgehead atoms. The normalized spacial score (nSPS) is 18.2. The number of rotatable bonds is 5. The first kappa shape index (κ1) is 13.2. The van der Waals surface area contributed by atoms with Gasteiger partial charge in [0.2, 0.25) is 0 Å². The first-order valence-corrected chi connectivity index (χ1v) is 5.87. The lowest BCUT2D eigenvalue weighted by atomic mass is 10.2. The van der Waals surface area contributed by atoms with Gasteiger partial charge >= 0.3 is 5.69 Å².